The first-order chi connectivity index (χ1) is 11.3. The van der Waals surface area contributed by atoms with E-state index in [1.165, 1.54) is 0 Å². The molecule has 9 nitrogen and oxygen atoms in total. The lowest BCUT2D eigenvalue weighted by Crippen LogP contribution is -2.59. The third kappa shape index (κ3) is 5.59. The molecule has 1 aromatic rings. The maximum atomic E-state index is 10.7. The largest absolute Gasteiger partial charge is 0.469 e. The van der Waals surface area contributed by atoms with E-state index in [-0.39, 0.29) is 6.61 Å². The molecule has 5 atom stereocenters. The zero-order chi connectivity index (χ0) is 17.7. The Labute approximate surface area is 138 Å². The first-order valence-electron chi connectivity index (χ1n) is 7.33. The number of phosphoric acid groups is 1. The van der Waals surface area contributed by atoms with Crippen molar-refractivity contribution in [3.8, 4) is 0 Å². The van der Waals surface area contributed by atoms with Crippen LogP contribution in [0.4, 0.5) is 0 Å². The van der Waals surface area contributed by atoms with Gasteiger partial charge in [0.05, 0.1) is 13.2 Å². The third-order valence-electron chi connectivity index (χ3n) is 3.59. The number of hydrogen-bond donors (Lipinski definition) is 5. The topological polar surface area (TPSA) is 146 Å². The number of aliphatic hydroxyl groups excluding tert-OH is 3. The minimum atomic E-state index is -4.75. The molecule has 1 saturated heterocycles. The van der Waals surface area contributed by atoms with Gasteiger partial charge in [-0.05, 0) is 12.0 Å². The van der Waals surface area contributed by atoms with E-state index in [0.717, 1.165) is 5.56 Å². The van der Waals surface area contributed by atoms with Crippen LogP contribution in [0.25, 0.3) is 0 Å². The number of rotatable bonds is 7. The molecule has 1 aliphatic rings. The van der Waals surface area contributed by atoms with Gasteiger partial charge in [0.2, 0.25) is 0 Å². The van der Waals surface area contributed by atoms with Crippen LogP contribution in [0.3, 0.4) is 0 Å². The molecule has 1 aromatic carbocycles. The van der Waals surface area contributed by atoms with Crippen molar-refractivity contribution in [2.45, 2.75) is 37.1 Å². The minimum Gasteiger partial charge on any atom is -0.387 e. The molecule has 1 fully saturated rings. The van der Waals surface area contributed by atoms with Gasteiger partial charge in [0.25, 0.3) is 0 Å². The van der Waals surface area contributed by atoms with Crippen molar-refractivity contribution in [1.82, 2.24) is 0 Å². The van der Waals surface area contributed by atoms with Crippen molar-refractivity contribution in [3.05, 3.63) is 35.9 Å². The molecule has 136 valence electrons. The fourth-order valence-corrected chi connectivity index (χ4v) is 2.64. The molecule has 0 aliphatic carbocycles. The Hall–Kier alpha value is -0.870. The summed E-state index contributed by atoms with van der Waals surface area (Å²) < 4.78 is 25.7. The molecule has 1 heterocycles. The maximum absolute atomic E-state index is 10.7. The highest BCUT2D eigenvalue weighted by Crippen LogP contribution is 2.37. The molecular formula is C14H21O9P. The van der Waals surface area contributed by atoms with E-state index in [0.29, 0.717) is 6.42 Å². The van der Waals surface area contributed by atoms with Crippen LogP contribution in [0.15, 0.2) is 30.3 Å². The van der Waals surface area contributed by atoms with E-state index in [9.17, 15) is 19.9 Å². The van der Waals surface area contributed by atoms with Crippen molar-refractivity contribution >= 4 is 7.82 Å². The quantitative estimate of drug-likeness (QED) is 0.391. The van der Waals surface area contributed by atoms with Crippen molar-refractivity contribution in [2.24, 2.45) is 0 Å². The second-order valence-corrected chi connectivity index (χ2v) is 6.65. The predicted octanol–water partition coefficient (Wildman–Crippen LogP) is -0.837. The summed E-state index contributed by atoms with van der Waals surface area (Å²) in [6, 6.07) is 9.42. The van der Waals surface area contributed by atoms with Gasteiger partial charge in [0.15, 0.2) is 6.29 Å². The molecule has 0 radical (unpaired) electrons. The van der Waals surface area contributed by atoms with E-state index in [1.807, 2.05) is 30.3 Å². The van der Waals surface area contributed by atoms with Gasteiger partial charge in [0, 0.05) is 0 Å². The first-order valence-corrected chi connectivity index (χ1v) is 8.86. The maximum Gasteiger partial charge on any atom is 0.469 e. The van der Waals surface area contributed by atoms with E-state index < -0.39 is 45.1 Å². The summed E-state index contributed by atoms with van der Waals surface area (Å²) in [6.07, 6.45) is -6.63. The molecular weight excluding hydrogens is 343 g/mol. The Bertz CT molecular complexity index is 548. The highest BCUT2D eigenvalue weighted by atomic mass is 31.2. The molecule has 24 heavy (non-hydrogen) atoms. The second kappa shape index (κ2) is 8.48. The van der Waals surface area contributed by atoms with Crippen LogP contribution >= 0.6 is 7.82 Å². The Balaban J connectivity index is 1.89. The first kappa shape index (κ1) is 19.5. The SMILES string of the molecule is O=P(O)(O)OC[C@H]1OC(OCCc2ccccc2)[C@@H](O)[C@@H](O)[C@@H]1O. The molecule has 0 bridgehead atoms. The van der Waals surface area contributed by atoms with Crippen LogP contribution in [-0.2, 0) is 25.0 Å². The van der Waals surface area contributed by atoms with Crippen molar-refractivity contribution in [3.63, 3.8) is 0 Å². The number of hydrogen-bond acceptors (Lipinski definition) is 7. The zero-order valence-corrected chi connectivity index (χ0v) is 13.6. The summed E-state index contributed by atoms with van der Waals surface area (Å²) in [6.45, 7) is -0.478. The second-order valence-electron chi connectivity index (χ2n) is 5.41. The summed E-state index contributed by atoms with van der Waals surface area (Å²) in [4.78, 5) is 17.4. The Morgan fingerprint density at radius 1 is 1.04 bits per heavy atom. The zero-order valence-electron chi connectivity index (χ0n) is 12.7. The lowest BCUT2D eigenvalue weighted by Gasteiger charge is -2.40. The molecule has 10 heteroatoms. The van der Waals surface area contributed by atoms with Gasteiger partial charge >= 0.3 is 7.82 Å². The lowest BCUT2D eigenvalue weighted by atomic mass is 9.99. The van der Waals surface area contributed by atoms with Crippen LogP contribution < -0.4 is 0 Å². The number of phosphoric ester groups is 1. The van der Waals surface area contributed by atoms with Crippen LogP contribution in [0.5, 0.6) is 0 Å². The number of ether oxygens (including phenoxy) is 2. The van der Waals surface area contributed by atoms with Crippen LogP contribution in [0.2, 0.25) is 0 Å². The van der Waals surface area contributed by atoms with Gasteiger partial charge in [-0.1, -0.05) is 30.3 Å². The molecule has 2 rings (SSSR count). The Morgan fingerprint density at radius 2 is 1.71 bits per heavy atom. The van der Waals surface area contributed by atoms with Gasteiger partial charge in [-0.15, -0.1) is 0 Å². The van der Waals surface area contributed by atoms with Crippen molar-refractivity contribution < 1.29 is 43.7 Å². The molecule has 1 aliphatic heterocycles. The summed E-state index contributed by atoms with van der Waals surface area (Å²) in [5.41, 5.74) is 1.00. The van der Waals surface area contributed by atoms with E-state index in [2.05, 4.69) is 4.52 Å². The highest BCUT2D eigenvalue weighted by Gasteiger charge is 2.44. The smallest absolute Gasteiger partial charge is 0.387 e. The Morgan fingerprint density at radius 3 is 2.33 bits per heavy atom. The Kier molecular flexibility index (Phi) is 6.88. The lowest BCUT2D eigenvalue weighted by molar-refractivity contribution is -0.300. The average Bonchev–Trinajstić information content (AvgIpc) is 2.54. The predicted molar refractivity (Wildman–Crippen MR) is 80.8 cm³/mol. The molecule has 0 spiro atoms. The number of benzene rings is 1. The molecule has 0 saturated carbocycles. The van der Waals surface area contributed by atoms with E-state index in [1.54, 1.807) is 0 Å². The molecule has 5 N–H and O–H groups in total. The summed E-state index contributed by atoms with van der Waals surface area (Å²) in [5.74, 6) is 0. The molecule has 0 amide bonds. The van der Waals surface area contributed by atoms with Crippen LogP contribution in [0.1, 0.15) is 5.56 Å². The molecule has 1 unspecified atom stereocenters. The van der Waals surface area contributed by atoms with Crippen molar-refractivity contribution in [1.29, 1.82) is 0 Å². The van der Waals surface area contributed by atoms with Gasteiger partial charge in [-0.25, -0.2) is 4.57 Å². The summed E-state index contributed by atoms with van der Waals surface area (Å²) >= 11 is 0. The van der Waals surface area contributed by atoms with Gasteiger partial charge in [0.1, 0.15) is 24.4 Å². The number of aliphatic hydroxyl groups is 3. The fourth-order valence-electron chi connectivity index (χ4n) is 2.30. The van der Waals surface area contributed by atoms with Gasteiger partial charge in [-0.2, -0.15) is 0 Å². The van der Waals surface area contributed by atoms with E-state index >= 15 is 0 Å². The minimum absolute atomic E-state index is 0.181. The molecule has 0 aromatic heterocycles. The van der Waals surface area contributed by atoms with Crippen molar-refractivity contribution in [2.75, 3.05) is 13.2 Å². The monoisotopic (exact) mass is 364 g/mol. The fraction of sp³-hybridized carbons (Fsp3) is 0.571. The normalized spacial score (nSPS) is 31.1. The summed E-state index contributed by atoms with van der Waals surface area (Å²) in [5, 5.41) is 29.5. The third-order valence-corrected chi connectivity index (χ3v) is 4.08. The van der Waals surface area contributed by atoms with Gasteiger partial charge < -0.3 is 34.6 Å². The standard InChI is InChI=1S/C14H21O9P/c15-11-10(8-22-24(18,19)20)23-14(13(17)12(11)16)21-7-6-9-4-2-1-3-5-9/h1-5,10-17H,6-8H2,(H2,18,19,20)/t10-,11-,12+,13+,14?/m1/s1. The highest BCUT2D eigenvalue weighted by molar-refractivity contribution is 7.46. The summed E-state index contributed by atoms with van der Waals surface area (Å²) in [7, 11) is -4.75. The van der Waals surface area contributed by atoms with E-state index in [4.69, 9.17) is 19.3 Å². The van der Waals surface area contributed by atoms with Gasteiger partial charge in [-0.3, -0.25) is 4.52 Å². The average molecular weight is 364 g/mol. The van der Waals surface area contributed by atoms with Crippen LogP contribution in [0, 0.1) is 0 Å². The van der Waals surface area contributed by atoms with Crippen LogP contribution in [-0.4, -0.2) is 69.0 Å².